The number of nitrogens with zero attached hydrogens (tertiary/aromatic N) is 3. The fourth-order valence-electron chi connectivity index (χ4n) is 3.79. The maximum Gasteiger partial charge on any atom is 0.272 e. The summed E-state index contributed by atoms with van der Waals surface area (Å²) >= 11 is 0. The normalized spacial score (nSPS) is 16.8. The second-order valence-electron chi connectivity index (χ2n) is 7.57. The van der Waals surface area contributed by atoms with Gasteiger partial charge in [-0.15, -0.1) is 0 Å². The smallest absolute Gasteiger partial charge is 0.272 e. The van der Waals surface area contributed by atoms with Crippen LogP contribution >= 0.6 is 0 Å². The van der Waals surface area contributed by atoms with Crippen molar-refractivity contribution in [3.8, 4) is 5.75 Å². The number of nitrogens with one attached hydrogen (secondary N) is 1. The minimum absolute atomic E-state index is 0.0467. The molecule has 27 heavy (non-hydrogen) atoms. The van der Waals surface area contributed by atoms with Gasteiger partial charge in [0.2, 0.25) is 0 Å². The topological polar surface area (TPSA) is 59.4 Å². The van der Waals surface area contributed by atoms with Gasteiger partial charge < -0.3 is 10.1 Å². The summed E-state index contributed by atoms with van der Waals surface area (Å²) in [5, 5.41) is 7.64. The largest absolute Gasteiger partial charge is 0.497 e. The number of amides is 1. The van der Waals surface area contributed by atoms with Gasteiger partial charge in [0.15, 0.2) is 5.69 Å². The highest BCUT2D eigenvalue weighted by molar-refractivity contribution is 5.94. The number of carbonyl (C=O) groups is 1. The molecule has 2 heterocycles. The number of hydrogen-bond acceptors (Lipinski definition) is 4. The maximum absolute atomic E-state index is 12.5. The van der Waals surface area contributed by atoms with E-state index >= 15 is 0 Å². The Labute approximate surface area is 160 Å². The molecule has 0 saturated heterocycles. The molecule has 2 aromatic rings. The van der Waals surface area contributed by atoms with Crippen molar-refractivity contribution in [2.75, 3.05) is 20.2 Å². The third-order valence-corrected chi connectivity index (χ3v) is 5.46. The van der Waals surface area contributed by atoms with Gasteiger partial charge in [0, 0.05) is 50.4 Å². The van der Waals surface area contributed by atoms with Crippen molar-refractivity contribution in [2.24, 2.45) is 5.92 Å². The Morgan fingerprint density at radius 3 is 2.74 bits per heavy atom. The molecule has 6 nitrogen and oxygen atoms in total. The molecule has 0 radical (unpaired) electrons. The Bertz CT molecular complexity index is 808. The summed E-state index contributed by atoms with van der Waals surface area (Å²) in [6, 6.07) is 8.21. The van der Waals surface area contributed by atoms with E-state index in [1.54, 1.807) is 7.11 Å². The monoisotopic (exact) mass is 368 g/mol. The predicted octanol–water partition coefficient (Wildman–Crippen LogP) is 2.61. The highest BCUT2D eigenvalue weighted by atomic mass is 16.5. The molecular formula is C21H28N4O2. The van der Waals surface area contributed by atoms with E-state index < -0.39 is 0 Å². The van der Waals surface area contributed by atoms with E-state index in [0.717, 1.165) is 49.8 Å². The number of carbonyl (C=O) groups excluding carboxylic acids is 1. The highest BCUT2D eigenvalue weighted by Gasteiger charge is 2.30. The molecule has 1 fully saturated rings. The molecule has 1 N–H and O–H groups in total. The van der Waals surface area contributed by atoms with Crippen LogP contribution < -0.4 is 10.1 Å². The Morgan fingerprint density at radius 2 is 2.07 bits per heavy atom. The van der Waals surface area contributed by atoms with E-state index in [2.05, 4.69) is 27.0 Å². The molecular weight excluding hydrogens is 340 g/mol. The fraction of sp³-hybridized carbons (Fsp3) is 0.524. The van der Waals surface area contributed by atoms with Gasteiger partial charge in [0.25, 0.3) is 5.91 Å². The van der Waals surface area contributed by atoms with Crippen LogP contribution in [0, 0.1) is 5.92 Å². The molecule has 1 amide bonds. The first-order valence-corrected chi connectivity index (χ1v) is 9.90. The zero-order valence-electron chi connectivity index (χ0n) is 16.2. The number of fused-ring (bicyclic) bond motifs is 1. The van der Waals surface area contributed by atoms with Crippen LogP contribution in [0.5, 0.6) is 5.75 Å². The standard InChI is InChI=1S/C21H28N4O2/c1-3-22-21(26)20-18-14-24(12-15-6-8-17(27-2)9-7-15)11-10-19(18)25(23-20)13-16-4-5-16/h6-9,16H,3-5,10-14H2,1-2H3,(H,22,26). The van der Waals surface area contributed by atoms with Gasteiger partial charge in [0.1, 0.15) is 5.75 Å². The molecule has 144 valence electrons. The Kier molecular flexibility index (Phi) is 5.16. The lowest BCUT2D eigenvalue weighted by Gasteiger charge is -2.27. The van der Waals surface area contributed by atoms with E-state index in [1.165, 1.54) is 24.1 Å². The SMILES string of the molecule is CCNC(=O)c1nn(CC2CC2)c2c1CN(Cc1ccc(OC)cc1)CC2. The van der Waals surface area contributed by atoms with Gasteiger partial charge in [-0.05, 0) is 43.4 Å². The van der Waals surface area contributed by atoms with Crippen LogP contribution in [0.25, 0.3) is 0 Å². The lowest BCUT2D eigenvalue weighted by Crippen LogP contribution is -2.32. The number of rotatable bonds is 7. The predicted molar refractivity (Wildman–Crippen MR) is 104 cm³/mol. The van der Waals surface area contributed by atoms with Gasteiger partial charge in [-0.25, -0.2) is 0 Å². The van der Waals surface area contributed by atoms with Crippen molar-refractivity contribution in [3.05, 3.63) is 46.8 Å². The highest BCUT2D eigenvalue weighted by Crippen LogP contribution is 2.33. The van der Waals surface area contributed by atoms with Crippen molar-refractivity contribution in [1.82, 2.24) is 20.0 Å². The Hall–Kier alpha value is -2.34. The van der Waals surface area contributed by atoms with Gasteiger partial charge in [-0.1, -0.05) is 12.1 Å². The summed E-state index contributed by atoms with van der Waals surface area (Å²) in [5.74, 6) is 1.57. The van der Waals surface area contributed by atoms with Crippen LogP contribution in [0.4, 0.5) is 0 Å². The van der Waals surface area contributed by atoms with Crippen LogP contribution in [0.2, 0.25) is 0 Å². The molecule has 6 heteroatoms. The van der Waals surface area contributed by atoms with E-state index in [0.29, 0.717) is 12.2 Å². The van der Waals surface area contributed by atoms with Crippen LogP contribution in [0.1, 0.15) is 47.1 Å². The molecule has 0 unspecified atom stereocenters. The molecule has 2 aliphatic rings. The van der Waals surface area contributed by atoms with Crippen molar-refractivity contribution < 1.29 is 9.53 Å². The van der Waals surface area contributed by atoms with Crippen LogP contribution in [0.15, 0.2) is 24.3 Å². The second kappa shape index (κ2) is 7.72. The van der Waals surface area contributed by atoms with Crippen molar-refractivity contribution in [3.63, 3.8) is 0 Å². The van der Waals surface area contributed by atoms with Gasteiger partial charge in [0.05, 0.1) is 7.11 Å². The summed E-state index contributed by atoms with van der Waals surface area (Å²) < 4.78 is 7.35. The van der Waals surface area contributed by atoms with Crippen LogP contribution in [-0.4, -0.2) is 40.8 Å². The zero-order chi connectivity index (χ0) is 18.8. The minimum atomic E-state index is -0.0467. The lowest BCUT2D eigenvalue weighted by atomic mass is 10.0. The number of methoxy groups -OCH3 is 1. The van der Waals surface area contributed by atoms with E-state index in [4.69, 9.17) is 9.84 Å². The lowest BCUT2D eigenvalue weighted by molar-refractivity contribution is 0.0947. The van der Waals surface area contributed by atoms with Crippen LogP contribution in [0.3, 0.4) is 0 Å². The molecule has 1 saturated carbocycles. The zero-order valence-corrected chi connectivity index (χ0v) is 16.2. The summed E-state index contributed by atoms with van der Waals surface area (Å²) in [6.45, 7) is 6.16. The average Bonchev–Trinajstić information content (AvgIpc) is 3.43. The summed E-state index contributed by atoms with van der Waals surface area (Å²) in [4.78, 5) is 14.9. The average molecular weight is 368 g/mol. The molecule has 0 atom stereocenters. The molecule has 0 bridgehead atoms. The summed E-state index contributed by atoms with van der Waals surface area (Å²) in [6.07, 6.45) is 3.52. The molecule has 1 aliphatic carbocycles. The Morgan fingerprint density at radius 1 is 1.30 bits per heavy atom. The molecule has 1 aliphatic heterocycles. The molecule has 0 spiro atoms. The van der Waals surface area contributed by atoms with Crippen molar-refractivity contribution >= 4 is 5.91 Å². The van der Waals surface area contributed by atoms with Gasteiger partial charge >= 0.3 is 0 Å². The number of aromatic nitrogens is 2. The first kappa shape index (κ1) is 18.0. The summed E-state index contributed by atoms with van der Waals surface area (Å²) in [7, 11) is 1.68. The van der Waals surface area contributed by atoms with Crippen molar-refractivity contribution in [2.45, 2.75) is 45.8 Å². The van der Waals surface area contributed by atoms with E-state index in [-0.39, 0.29) is 5.91 Å². The van der Waals surface area contributed by atoms with Gasteiger partial charge in [-0.2, -0.15) is 5.10 Å². The van der Waals surface area contributed by atoms with Gasteiger partial charge in [-0.3, -0.25) is 14.4 Å². The van der Waals surface area contributed by atoms with E-state index in [9.17, 15) is 4.79 Å². The molecule has 1 aromatic heterocycles. The first-order chi connectivity index (χ1) is 13.2. The van der Waals surface area contributed by atoms with E-state index in [1.807, 2.05) is 19.1 Å². The maximum atomic E-state index is 12.5. The third kappa shape index (κ3) is 4.00. The second-order valence-corrected chi connectivity index (χ2v) is 7.57. The number of benzene rings is 1. The summed E-state index contributed by atoms with van der Waals surface area (Å²) in [5.41, 5.74) is 4.24. The quantitative estimate of drug-likeness (QED) is 0.816. The third-order valence-electron chi connectivity index (χ3n) is 5.46. The minimum Gasteiger partial charge on any atom is -0.497 e. The Balaban J connectivity index is 1.54. The number of ether oxygens (including phenoxy) is 1. The first-order valence-electron chi connectivity index (χ1n) is 9.90. The fourth-order valence-corrected chi connectivity index (χ4v) is 3.79. The van der Waals surface area contributed by atoms with Crippen molar-refractivity contribution in [1.29, 1.82) is 0 Å². The molecule has 1 aromatic carbocycles. The molecule has 4 rings (SSSR count). The van der Waals surface area contributed by atoms with Crippen LogP contribution in [-0.2, 0) is 26.1 Å². The number of hydrogen-bond donors (Lipinski definition) is 1.